The molecule has 0 bridgehead atoms. The summed E-state index contributed by atoms with van der Waals surface area (Å²) in [5.41, 5.74) is 0.138. The van der Waals surface area contributed by atoms with Crippen molar-refractivity contribution in [1.29, 1.82) is 0 Å². The topological polar surface area (TPSA) is 20.3 Å². The lowest BCUT2D eigenvalue weighted by Gasteiger charge is -2.27. The Labute approximate surface area is 123 Å². The standard InChI is InChI=1S/C15H21BrFNO/c1-4-5-6-9-18(11(2)3)15(19)13-10-12(16)7-8-14(13)17/h7-8,10-11H,4-6,9H2,1-3H3. The van der Waals surface area contributed by atoms with Crippen LogP contribution in [0, 0.1) is 5.82 Å². The first-order chi connectivity index (χ1) is 8.97. The van der Waals surface area contributed by atoms with Crippen LogP contribution in [0.4, 0.5) is 4.39 Å². The SMILES string of the molecule is CCCCCN(C(=O)c1cc(Br)ccc1F)C(C)C. The van der Waals surface area contributed by atoms with Crippen LogP contribution < -0.4 is 0 Å². The molecule has 0 aliphatic rings. The first-order valence-electron chi connectivity index (χ1n) is 6.73. The third kappa shape index (κ3) is 4.60. The first kappa shape index (κ1) is 16.2. The highest BCUT2D eigenvalue weighted by Gasteiger charge is 2.21. The molecule has 0 aliphatic carbocycles. The van der Waals surface area contributed by atoms with Crippen molar-refractivity contribution in [2.45, 2.75) is 46.1 Å². The van der Waals surface area contributed by atoms with Gasteiger partial charge >= 0.3 is 0 Å². The Bertz CT molecular complexity index is 434. The van der Waals surface area contributed by atoms with Crippen LogP contribution >= 0.6 is 15.9 Å². The van der Waals surface area contributed by atoms with Crippen molar-refractivity contribution in [2.24, 2.45) is 0 Å². The lowest BCUT2D eigenvalue weighted by atomic mass is 10.1. The van der Waals surface area contributed by atoms with Crippen LogP contribution in [0.15, 0.2) is 22.7 Å². The van der Waals surface area contributed by atoms with Gasteiger partial charge in [-0.05, 0) is 38.5 Å². The lowest BCUT2D eigenvalue weighted by Crippen LogP contribution is -2.38. The number of nitrogens with zero attached hydrogens (tertiary/aromatic N) is 1. The molecule has 0 saturated carbocycles. The Balaban J connectivity index is 2.89. The van der Waals surface area contributed by atoms with E-state index >= 15 is 0 Å². The molecule has 0 N–H and O–H groups in total. The molecule has 0 unspecified atom stereocenters. The van der Waals surface area contributed by atoms with E-state index in [2.05, 4.69) is 22.9 Å². The molecule has 1 rings (SSSR count). The third-order valence-corrected chi connectivity index (χ3v) is 3.54. The molecular formula is C15H21BrFNO. The van der Waals surface area contributed by atoms with Crippen LogP contribution in [0.5, 0.6) is 0 Å². The molecule has 0 fully saturated rings. The summed E-state index contributed by atoms with van der Waals surface area (Å²) in [6.45, 7) is 6.71. The van der Waals surface area contributed by atoms with Gasteiger partial charge in [0.2, 0.25) is 0 Å². The summed E-state index contributed by atoms with van der Waals surface area (Å²) in [7, 11) is 0. The molecule has 4 heteroatoms. The summed E-state index contributed by atoms with van der Waals surface area (Å²) < 4.78 is 14.5. The number of carbonyl (C=O) groups is 1. The second-order valence-corrected chi connectivity index (χ2v) is 5.84. The van der Waals surface area contributed by atoms with Gasteiger partial charge in [-0.25, -0.2) is 4.39 Å². The van der Waals surface area contributed by atoms with Gasteiger partial charge in [0.15, 0.2) is 0 Å². The maximum Gasteiger partial charge on any atom is 0.257 e. The lowest BCUT2D eigenvalue weighted by molar-refractivity contribution is 0.0697. The van der Waals surface area contributed by atoms with Crippen molar-refractivity contribution >= 4 is 21.8 Å². The molecule has 0 atom stereocenters. The molecule has 1 aromatic rings. The summed E-state index contributed by atoms with van der Waals surface area (Å²) in [5.74, 6) is -0.695. The van der Waals surface area contributed by atoms with Crippen molar-refractivity contribution in [2.75, 3.05) is 6.54 Å². The summed E-state index contributed by atoms with van der Waals surface area (Å²) in [6.07, 6.45) is 3.14. The predicted molar refractivity (Wildman–Crippen MR) is 79.8 cm³/mol. The molecule has 19 heavy (non-hydrogen) atoms. The zero-order chi connectivity index (χ0) is 14.4. The highest BCUT2D eigenvalue weighted by Crippen LogP contribution is 2.18. The van der Waals surface area contributed by atoms with Gasteiger partial charge in [0.1, 0.15) is 5.82 Å². The average Bonchev–Trinajstić information content (AvgIpc) is 2.36. The quantitative estimate of drug-likeness (QED) is 0.697. The van der Waals surface area contributed by atoms with E-state index in [1.165, 1.54) is 6.07 Å². The molecule has 1 aromatic carbocycles. The summed E-state index contributed by atoms with van der Waals surface area (Å²) in [6, 6.07) is 4.54. The summed E-state index contributed by atoms with van der Waals surface area (Å²) in [4.78, 5) is 14.2. The molecule has 1 amide bonds. The average molecular weight is 330 g/mol. The fourth-order valence-corrected chi connectivity index (χ4v) is 2.30. The number of hydrogen-bond donors (Lipinski definition) is 0. The Kier molecular flexibility index (Phi) is 6.49. The van der Waals surface area contributed by atoms with E-state index in [-0.39, 0.29) is 17.5 Å². The van der Waals surface area contributed by atoms with Gasteiger partial charge < -0.3 is 4.90 Å². The second-order valence-electron chi connectivity index (χ2n) is 4.92. The number of benzene rings is 1. The van der Waals surface area contributed by atoms with E-state index in [0.29, 0.717) is 6.54 Å². The van der Waals surface area contributed by atoms with Crippen LogP contribution in [-0.4, -0.2) is 23.4 Å². The van der Waals surface area contributed by atoms with Crippen LogP contribution in [0.25, 0.3) is 0 Å². The van der Waals surface area contributed by atoms with Crippen LogP contribution in [0.1, 0.15) is 50.4 Å². The zero-order valence-corrected chi connectivity index (χ0v) is 13.3. The number of rotatable bonds is 6. The van der Waals surface area contributed by atoms with Crippen molar-refractivity contribution in [3.8, 4) is 0 Å². The number of carbonyl (C=O) groups excluding carboxylic acids is 1. The fraction of sp³-hybridized carbons (Fsp3) is 0.533. The Morgan fingerprint density at radius 1 is 1.37 bits per heavy atom. The minimum atomic E-state index is -0.464. The number of halogens is 2. The van der Waals surface area contributed by atoms with Gasteiger partial charge in [-0.15, -0.1) is 0 Å². The van der Waals surface area contributed by atoms with E-state index in [1.807, 2.05) is 13.8 Å². The van der Waals surface area contributed by atoms with Gasteiger partial charge in [0.05, 0.1) is 5.56 Å². The molecule has 0 spiro atoms. The molecule has 2 nitrogen and oxygen atoms in total. The predicted octanol–water partition coefficient (Wildman–Crippen LogP) is 4.63. The van der Waals surface area contributed by atoms with Gasteiger partial charge in [-0.2, -0.15) is 0 Å². The van der Waals surface area contributed by atoms with E-state index in [9.17, 15) is 9.18 Å². The monoisotopic (exact) mass is 329 g/mol. The van der Waals surface area contributed by atoms with Gasteiger partial charge in [-0.3, -0.25) is 4.79 Å². The van der Waals surface area contributed by atoms with Crippen molar-refractivity contribution in [3.63, 3.8) is 0 Å². The smallest absolute Gasteiger partial charge is 0.257 e. The highest BCUT2D eigenvalue weighted by molar-refractivity contribution is 9.10. The fourth-order valence-electron chi connectivity index (χ4n) is 1.94. The molecule has 0 aromatic heterocycles. The maximum atomic E-state index is 13.8. The summed E-state index contributed by atoms with van der Waals surface area (Å²) in [5, 5.41) is 0. The van der Waals surface area contributed by atoms with Crippen molar-refractivity contribution in [3.05, 3.63) is 34.1 Å². The number of unbranched alkanes of at least 4 members (excludes halogenated alkanes) is 2. The third-order valence-electron chi connectivity index (χ3n) is 3.05. The van der Waals surface area contributed by atoms with Gasteiger partial charge in [0, 0.05) is 17.1 Å². The zero-order valence-electron chi connectivity index (χ0n) is 11.7. The summed E-state index contributed by atoms with van der Waals surface area (Å²) >= 11 is 3.28. The molecule has 0 heterocycles. The number of amides is 1. The van der Waals surface area contributed by atoms with Crippen molar-refractivity contribution in [1.82, 2.24) is 4.90 Å². The molecular weight excluding hydrogens is 309 g/mol. The van der Waals surface area contributed by atoms with Crippen LogP contribution in [0.2, 0.25) is 0 Å². The normalized spacial score (nSPS) is 10.8. The Morgan fingerprint density at radius 3 is 2.63 bits per heavy atom. The molecule has 0 radical (unpaired) electrons. The van der Waals surface area contributed by atoms with E-state index in [4.69, 9.17) is 0 Å². The maximum absolute atomic E-state index is 13.8. The Morgan fingerprint density at radius 2 is 2.05 bits per heavy atom. The second kappa shape index (κ2) is 7.63. The highest BCUT2D eigenvalue weighted by atomic mass is 79.9. The van der Waals surface area contributed by atoms with E-state index in [0.717, 1.165) is 23.7 Å². The molecule has 0 saturated heterocycles. The molecule has 0 aliphatic heterocycles. The largest absolute Gasteiger partial charge is 0.336 e. The van der Waals surface area contributed by atoms with Crippen LogP contribution in [0.3, 0.4) is 0 Å². The minimum Gasteiger partial charge on any atom is -0.336 e. The van der Waals surface area contributed by atoms with E-state index < -0.39 is 5.82 Å². The minimum absolute atomic E-state index is 0.0720. The Hall–Kier alpha value is -0.900. The molecule has 106 valence electrons. The number of hydrogen-bond acceptors (Lipinski definition) is 1. The van der Waals surface area contributed by atoms with Gasteiger partial charge in [0.25, 0.3) is 5.91 Å². The van der Waals surface area contributed by atoms with Crippen molar-refractivity contribution < 1.29 is 9.18 Å². The van der Waals surface area contributed by atoms with Gasteiger partial charge in [-0.1, -0.05) is 35.7 Å². The van der Waals surface area contributed by atoms with Crippen LogP contribution in [-0.2, 0) is 0 Å². The van der Waals surface area contributed by atoms with E-state index in [1.54, 1.807) is 17.0 Å². The first-order valence-corrected chi connectivity index (χ1v) is 7.52.